The molecule has 0 aromatic heterocycles. The smallest absolute Gasteiger partial charge is 0.343 e. The van der Waals surface area contributed by atoms with E-state index in [0.717, 1.165) is 6.21 Å². The van der Waals surface area contributed by atoms with E-state index in [1.807, 2.05) is 0 Å². The molecule has 0 saturated carbocycles. The van der Waals surface area contributed by atoms with Crippen LogP contribution in [-0.4, -0.2) is 29.4 Å². The van der Waals surface area contributed by atoms with Crippen LogP contribution in [0.25, 0.3) is 5.76 Å². The Bertz CT molecular complexity index is 706. The lowest BCUT2D eigenvalue weighted by atomic mass is 10.1. The molecule has 0 bridgehead atoms. The van der Waals surface area contributed by atoms with Crippen molar-refractivity contribution in [3.05, 3.63) is 40.5 Å². The van der Waals surface area contributed by atoms with Crippen LogP contribution in [0.15, 0.2) is 16.6 Å². The SMILES string of the molecule is CCOC(=O)/C(C=NC(C)(C)C)=C(\O)c1cc(F)c(F)c(F)c1F. The highest BCUT2D eigenvalue weighted by molar-refractivity contribution is 6.15. The van der Waals surface area contributed by atoms with Crippen molar-refractivity contribution in [2.24, 2.45) is 4.99 Å². The highest BCUT2D eigenvalue weighted by atomic mass is 19.2. The lowest BCUT2D eigenvalue weighted by Gasteiger charge is -2.13. The predicted molar refractivity (Wildman–Crippen MR) is 80.7 cm³/mol. The molecule has 0 aliphatic heterocycles. The number of halogens is 4. The fraction of sp³-hybridized carbons (Fsp3) is 0.375. The molecule has 1 aromatic rings. The lowest BCUT2D eigenvalue weighted by molar-refractivity contribution is -0.137. The topological polar surface area (TPSA) is 58.9 Å². The first-order chi connectivity index (χ1) is 11.0. The number of esters is 1. The molecule has 0 radical (unpaired) electrons. The summed E-state index contributed by atoms with van der Waals surface area (Å²) in [6, 6.07) is 0.243. The van der Waals surface area contributed by atoms with Crippen LogP contribution >= 0.6 is 0 Å². The number of hydrogen-bond donors (Lipinski definition) is 1. The third-order valence-corrected chi connectivity index (χ3v) is 2.69. The first-order valence-electron chi connectivity index (χ1n) is 6.98. The Labute approximate surface area is 136 Å². The van der Waals surface area contributed by atoms with Gasteiger partial charge in [0.25, 0.3) is 0 Å². The summed E-state index contributed by atoms with van der Waals surface area (Å²) in [5.74, 6) is -9.87. The van der Waals surface area contributed by atoms with Gasteiger partial charge in [0.2, 0.25) is 0 Å². The second kappa shape index (κ2) is 7.46. The van der Waals surface area contributed by atoms with Gasteiger partial charge in [-0.15, -0.1) is 0 Å². The average molecular weight is 347 g/mol. The van der Waals surface area contributed by atoms with Gasteiger partial charge in [0.05, 0.1) is 17.7 Å². The summed E-state index contributed by atoms with van der Waals surface area (Å²) in [4.78, 5) is 15.9. The maximum absolute atomic E-state index is 13.8. The molecule has 0 unspecified atom stereocenters. The van der Waals surface area contributed by atoms with Crippen molar-refractivity contribution in [1.29, 1.82) is 0 Å². The van der Waals surface area contributed by atoms with Crippen molar-refractivity contribution in [1.82, 2.24) is 0 Å². The first-order valence-corrected chi connectivity index (χ1v) is 6.98. The van der Waals surface area contributed by atoms with Crippen LogP contribution in [0.2, 0.25) is 0 Å². The monoisotopic (exact) mass is 347 g/mol. The largest absolute Gasteiger partial charge is 0.506 e. The number of aliphatic hydroxyl groups excluding tert-OH is 1. The Kier molecular flexibility index (Phi) is 6.11. The van der Waals surface area contributed by atoms with Crippen molar-refractivity contribution in [2.75, 3.05) is 6.61 Å². The van der Waals surface area contributed by atoms with Gasteiger partial charge in [0.1, 0.15) is 11.3 Å². The average Bonchev–Trinajstić information content (AvgIpc) is 2.48. The Morgan fingerprint density at radius 3 is 2.29 bits per heavy atom. The first kappa shape index (κ1) is 19.7. The van der Waals surface area contributed by atoms with Gasteiger partial charge in [-0.1, -0.05) is 0 Å². The minimum atomic E-state index is -2.10. The van der Waals surface area contributed by atoms with E-state index >= 15 is 0 Å². The zero-order chi connectivity index (χ0) is 18.7. The lowest BCUT2D eigenvalue weighted by Crippen LogP contribution is -2.16. The summed E-state index contributed by atoms with van der Waals surface area (Å²) in [6.45, 7) is 6.47. The molecule has 0 heterocycles. The molecule has 0 fully saturated rings. The Morgan fingerprint density at radius 2 is 1.79 bits per heavy atom. The van der Waals surface area contributed by atoms with Crippen molar-refractivity contribution in [3.8, 4) is 0 Å². The fourth-order valence-corrected chi connectivity index (χ4v) is 1.57. The minimum Gasteiger partial charge on any atom is -0.506 e. The van der Waals surface area contributed by atoms with Gasteiger partial charge in [-0.05, 0) is 33.8 Å². The van der Waals surface area contributed by atoms with E-state index in [9.17, 15) is 27.5 Å². The van der Waals surface area contributed by atoms with Gasteiger partial charge in [0, 0.05) is 6.21 Å². The molecular formula is C16H17F4NO3. The summed E-state index contributed by atoms with van der Waals surface area (Å²) < 4.78 is 58.2. The second-order valence-electron chi connectivity index (χ2n) is 5.76. The van der Waals surface area contributed by atoms with E-state index in [1.54, 1.807) is 20.8 Å². The number of carbonyl (C=O) groups is 1. The molecule has 8 heteroatoms. The zero-order valence-electron chi connectivity index (χ0n) is 13.6. The maximum atomic E-state index is 13.8. The Balaban J connectivity index is 3.59. The van der Waals surface area contributed by atoms with Crippen molar-refractivity contribution < 1.29 is 32.2 Å². The van der Waals surface area contributed by atoms with Crippen LogP contribution < -0.4 is 0 Å². The van der Waals surface area contributed by atoms with Crippen LogP contribution in [0.4, 0.5) is 17.6 Å². The second-order valence-corrected chi connectivity index (χ2v) is 5.76. The third kappa shape index (κ3) is 4.56. The number of nitrogens with zero attached hydrogens (tertiary/aromatic N) is 1. The summed E-state index contributed by atoms with van der Waals surface area (Å²) in [6.07, 6.45) is 0.909. The number of aliphatic hydroxyl groups is 1. The number of aliphatic imine (C=N–C) groups is 1. The molecular weight excluding hydrogens is 330 g/mol. The maximum Gasteiger partial charge on any atom is 0.343 e. The number of rotatable bonds is 4. The van der Waals surface area contributed by atoms with Crippen molar-refractivity contribution >= 4 is 17.9 Å². The Hall–Kier alpha value is -2.38. The summed E-state index contributed by atoms with van der Waals surface area (Å²) >= 11 is 0. The number of hydrogen-bond acceptors (Lipinski definition) is 4. The highest BCUT2D eigenvalue weighted by Crippen LogP contribution is 2.25. The predicted octanol–water partition coefficient (Wildman–Crippen LogP) is 3.94. The summed E-state index contributed by atoms with van der Waals surface area (Å²) in [5, 5.41) is 10.1. The number of carbonyl (C=O) groups excluding carboxylic acids is 1. The molecule has 0 atom stereocenters. The molecule has 132 valence electrons. The number of ether oxygens (including phenoxy) is 1. The van der Waals surface area contributed by atoms with E-state index in [0.29, 0.717) is 0 Å². The molecule has 1 rings (SSSR count). The standard InChI is InChI=1S/C16H17F4NO3/c1-5-24-15(23)9(7-21-16(2,3)4)14(22)8-6-10(17)12(19)13(20)11(8)18/h6-7,22H,5H2,1-4H3/b14-9-,21-7?. The van der Waals surface area contributed by atoms with Crippen molar-refractivity contribution in [2.45, 2.75) is 33.2 Å². The molecule has 4 nitrogen and oxygen atoms in total. The van der Waals surface area contributed by atoms with Gasteiger partial charge >= 0.3 is 5.97 Å². The van der Waals surface area contributed by atoms with Crippen LogP contribution in [0.1, 0.15) is 33.3 Å². The quantitative estimate of drug-likeness (QED) is 0.171. The van der Waals surface area contributed by atoms with Gasteiger partial charge in [-0.2, -0.15) is 0 Å². The van der Waals surface area contributed by atoms with Crippen LogP contribution in [0.3, 0.4) is 0 Å². The molecule has 0 aliphatic rings. The Morgan fingerprint density at radius 1 is 1.21 bits per heavy atom. The molecule has 0 aliphatic carbocycles. The normalized spacial score (nSPS) is 13.2. The summed E-state index contributed by atoms with van der Waals surface area (Å²) in [5.41, 5.74) is -2.29. The zero-order valence-corrected chi connectivity index (χ0v) is 13.6. The minimum absolute atomic E-state index is 0.0619. The molecule has 24 heavy (non-hydrogen) atoms. The van der Waals surface area contributed by atoms with Crippen molar-refractivity contribution in [3.63, 3.8) is 0 Å². The fourth-order valence-electron chi connectivity index (χ4n) is 1.57. The van der Waals surface area contributed by atoms with Crippen LogP contribution in [0, 0.1) is 23.3 Å². The van der Waals surface area contributed by atoms with Gasteiger partial charge < -0.3 is 9.84 Å². The molecule has 0 amide bonds. The van der Waals surface area contributed by atoms with Gasteiger partial charge in [0.15, 0.2) is 23.3 Å². The molecule has 1 N–H and O–H groups in total. The highest BCUT2D eigenvalue weighted by Gasteiger charge is 2.25. The van der Waals surface area contributed by atoms with Gasteiger partial charge in [-0.3, -0.25) is 4.99 Å². The third-order valence-electron chi connectivity index (χ3n) is 2.69. The van der Waals surface area contributed by atoms with E-state index < -0.39 is 51.7 Å². The summed E-state index contributed by atoms with van der Waals surface area (Å²) in [7, 11) is 0. The molecule has 0 saturated heterocycles. The number of benzene rings is 1. The van der Waals surface area contributed by atoms with Crippen LogP contribution in [-0.2, 0) is 9.53 Å². The van der Waals surface area contributed by atoms with E-state index in [-0.39, 0.29) is 12.7 Å². The molecule has 0 spiro atoms. The van der Waals surface area contributed by atoms with E-state index in [1.165, 1.54) is 6.92 Å². The molecule has 1 aromatic carbocycles. The van der Waals surface area contributed by atoms with Crippen LogP contribution in [0.5, 0.6) is 0 Å². The van der Waals surface area contributed by atoms with Gasteiger partial charge in [-0.25, -0.2) is 22.4 Å². The van der Waals surface area contributed by atoms with E-state index in [4.69, 9.17) is 4.74 Å². The van der Waals surface area contributed by atoms with E-state index in [2.05, 4.69) is 4.99 Å².